The van der Waals surface area contributed by atoms with Gasteiger partial charge in [-0.2, -0.15) is 0 Å². The van der Waals surface area contributed by atoms with Crippen LogP contribution in [0.4, 0.5) is 5.69 Å². The van der Waals surface area contributed by atoms with Gasteiger partial charge in [-0.15, -0.1) is 0 Å². The van der Waals surface area contributed by atoms with Crippen LogP contribution in [0.2, 0.25) is 0 Å². The number of nitro groups is 1. The van der Waals surface area contributed by atoms with Crippen LogP contribution in [0.15, 0.2) is 42.5 Å². The SMILES string of the molecule is CC(C)Oc1cccc(Oc2ccc(I)cc2)c1[N+](=O)[O-]. The fourth-order valence-corrected chi connectivity index (χ4v) is 2.10. The van der Waals surface area contributed by atoms with Gasteiger partial charge < -0.3 is 9.47 Å². The summed E-state index contributed by atoms with van der Waals surface area (Å²) in [7, 11) is 0. The number of hydrogen-bond acceptors (Lipinski definition) is 4. The van der Waals surface area contributed by atoms with E-state index in [4.69, 9.17) is 9.47 Å². The molecule has 0 saturated heterocycles. The number of para-hydroxylation sites is 1. The predicted molar refractivity (Wildman–Crippen MR) is 88.1 cm³/mol. The molecular weight excluding hydrogens is 385 g/mol. The van der Waals surface area contributed by atoms with Crippen molar-refractivity contribution in [3.05, 3.63) is 56.1 Å². The summed E-state index contributed by atoms with van der Waals surface area (Å²) in [5.74, 6) is 0.914. The highest BCUT2D eigenvalue weighted by Gasteiger charge is 2.23. The van der Waals surface area contributed by atoms with Crippen LogP contribution in [0.5, 0.6) is 17.2 Å². The van der Waals surface area contributed by atoms with Crippen LogP contribution in [0.25, 0.3) is 0 Å². The Kier molecular flexibility index (Phi) is 5.00. The molecule has 110 valence electrons. The first-order valence-electron chi connectivity index (χ1n) is 6.35. The van der Waals surface area contributed by atoms with Crippen LogP contribution < -0.4 is 9.47 Å². The Bertz CT molecular complexity index is 641. The second kappa shape index (κ2) is 6.75. The van der Waals surface area contributed by atoms with Gasteiger partial charge in [0.25, 0.3) is 0 Å². The topological polar surface area (TPSA) is 61.6 Å². The molecule has 2 aromatic rings. The molecule has 21 heavy (non-hydrogen) atoms. The molecule has 2 rings (SSSR count). The summed E-state index contributed by atoms with van der Waals surface area (Å²) in [5.41, 5.74) is -0.162. The number of halogens is 1. The molecule has 0 fully saturated rings. The van der Waals surface area contributed by atoms with Crippen molar-refractivity contribution < 1.29 is 14.4 Å². The summed E-state index contributed by atoms with van der Waals surface area (Å²) in [4.78, 5) is 10.8. The number of hydrogen-bond donors (Lipinski definition) is 0. The van der Waals surface area contributed by atoms with Crippen LogP contribution in [-0.4, -0.2) is 11.0 Å². The van der Waals surface area contributed by atoms with Crippen LogP contribution in [0.1, 0.15) is 13.8 Å². The molecule has 5 nitrogen and oxygen atoms in total. The van der Waals surface area contributed by atoms with Crippen molar-refractivity contribution in [3.63, 3.8) is 0 Å². The van der Waals surface area contributed by atoms with Crippen molar-refractivity contribution >= 4 is 28.3 Å². The van der Waals surface area contributed by atoms with Gasteiger partial charge in [0.1, 0.15) is 5.75 Å². The molecule has 2 aromatic carbocycles. The second-order valence-corrected chi connectivity index (χ2v) is 5.83. The lowest BCUT2D eigenvalue weighted by Crippen LogP contribution is -2.07. The lowest BCUT2D eigenvalue weighted by Gasteiger charge is -2.12. The van der Waals surface area contributed by atoms with Crippen LogP contribution in [-0.2, 0) is 0 Å². The fourth-order valence-electron chi connectivity index (χ4n) is 1.74. The first-order chi connectivity index (χ1) is 9.97. The van der Waals surface area contributed by atoms with E-state index in [1.54, 1.807) is 30.3 Å². The zero-order valence-corrected chi connectivity index (χ0v) is 13.7. The second-order valence-electron chi connectivity index (χ2n) is 4.58. The van der Waals surface area contributed by atoms with E-state index in [0.717, 1.165) is 3.57 Å². The molecule has 0 amide bonds. The average molecular weight is 399 g/mol. The summed E-state index contributed by atoms with van der Waals surface area (Å²) in [5, 5.41) is 11.3. The zero-order valence-electron chi connectivity index (χ0n) is 11.6. The van der Waals surface area contributed by atoms with Crippen molar-refractivity contribution in [3.8, 4) is 17.2 Å². The van der Waals surface area contributed by atoms with E-state index in [0.29, 0.717) is 5.75 Å². The van der Waals surface area contributed by atoms with E-state index < -0.39 is 4.92 Å². The molecule has 0 aromatic heterocycles. The molecule has 0 heterocycles. The van der Waals surface area contributed by atoms with E-state index in [-0.39, 0.29) is 23.3 Å². The quantitative estimate of drug-likeness (QED) is 0.413. The Hall–Kier alpha value is -1.83. The van der Waals surface area contributed by atoms with Crippen LogP contribution in [0.3, 0.4) is 0 Å². The van der Waals surface area contributed by atoms with Crippen LogP contribution >= 0.6 is 22.6 Å². The minimum Gasteiger partial charge on any atom is -0.484 e. The highest BCUT2D eigenvalue weighted by Crippen LogP contribution is 2.39. The smallest absolute Gasteiger partial charge is 0.352 e. The monoisotopic (exact) mass is 399 g/mol. The van der Waals surface area contributed by atoms with Gasteiger partial charge in [0.15, 0.2) is 0 Å². The lowest BCUT2D eigenvalue weighted by molar-refractivity contribution is -0.386. The molecule has 0 atom stereocenters. The number of benzene rings is 2. The van der Waals surface area contributed by atoms with Crippen molar-refractivity contribution in [1.82, 2.24) is 0 Å². The Morgan fingerprint density at radius 3 is 2.29 bits per heavy atom. The van der Waals surface area contributed by atoms with Crippen molar-refractivity contribution in [2.75, 3.05) is 0 Å². The molecule has 0 aliphatic rings. The van der Waals surface area contributed by atoms with Gasteiger partial charge in [0.05, 0.1) is 11.0 Å². The molecular formula is C15H14INO4. The van der Waals surface area contributed by atoms with E-state index in [9.17, 15) is 10.1 Å². The third kappa shape index (κ3) is 4.07. The first kappa shape index (κ1) is 15.6. The summed E-state index contributed by atoms with van der Waals surface area (Å²) in [6.07, 6.45) is -0.155. The Balaban J connectivity index is 2.38. The van der Waals surface area contributed by atoms with Gasteiger partial charge >= 0.3 is 5.69 Å². The van der Waals surface area contributed by atoms with Crippen LogP contribution in [0, 0.1) is 13.7 Å². The molecule has 0 aliphatic heterocycles. The van der Waals surface area contributed by atoms with Gasteiger partial charge in [-0.1, -0.05) is 6.07 Å². The van der Waals surface area contributed by atoms with Crippen molar-refractivity contribution in [2.45, 2.75) is 20.0 Å². The van der Waals surface area contributed by atoms with Gasteiger partial charge in [-0.25, -0.2) is 0 Å². The maximum absolute atomic E-state index is 11.3. The minimum absolute atomic E-state index is 0.155. The molecule has 0 aliphatic carbocycles. The molecule has 0 radical (unpaired) electrons. The Morgan fingerprint density at radius 1 is 1.10 bits per heavy atom. The number of nitrogens with zero attached hydrogens (tertiary/aromatic N) is 1. The molecule has 0 bridgehead atoms. The third-order valence-corrected chi connectivity index (χ3v) is 3.27. The van der Waals surface area contributed by atoms with Gasteiger partial charge in [0.2, 0.25) is 11.5 Å². The van der Waals surface area contributed by atoms with E-state index in [1.807, 2.05) is 26.0 Å². The van der Waals surface area contributed by atoms with Crippen molar-refractivity contribution in [1.29, 1.82) is 0 Å². The normalized spacial score (nSPS) is 10.5. The summed E-state index contributed by atoms with van der Waals surface area (Å²) >= 11 is 2.18. The minimum atomic E-state index is -0.486. The summed E-state index contributed by atoms with van der Waals surface area (Å²) in [6.45, 7) is 3.63. The van der Waals surface area contributed by atoms with Gasteiger partial charge in [-0.05, 0) is 72.8 Å². The average Bonchev–Trinajstić information content (AvgIpc) is 2.40. The Morgan fingerprint density at radius 2 is 1.71 bits per heavy atom. The molecule has 0 saturated carbocycles. The standard InChI is InChI=1S/C15H14INO4/c1-10(2)20-13-4-3-5-14(15(13)17(18)19)21-12-8-6-11(16)7-9-12/h3-10H,1-2H3. The van der Waals surface area contributed by atoms with E-state index >= 15 is 0 Å². The van der Waals surface area contributed by atoms with E-state index in [1.165, 1.54) is 0 Å². The molecule has 0 N–H and O–H groups in total. The van der Waals surface area contributed by atoms with Gasteiger partial charge in [0, 0.05) is 3.57 Å². The lowest BCUT2D eigenvalue weighted by atomic mass is 10.2. The maximum Gasteiger partial charge on any atom is 0.352 e. The summed E-state index contributed by atoms with van der Waals surface area (Å²) in [6, 6.07) is 12.1. The third-order valence-electron chi connectivity index (χ3n) is 2.55. The van der Waals surface area contributed by atoms with Gasteiger partial charge in [-0.3, -0.25) is 10.1 Å². The molecule has 0 unspecified atom stereocenters. The molecule has 0 spiro atoms. The van der Waals surface area contributed by atoms with Crippen molar-refractivity contribution in [2.24, 2.45) is 0 Å². The highest BCUT2D eigenvalue weighted by molar-refractivity contribution is 14.1. The predicted octanol–water partition coefficient (Wildman–Crippen LogP) is 4.78. The zero-order chi connectivity index (χ0) is 15.4. The largest absolute Gasteiger partial charge is 0.484 e. The number of ether oxygens (including phenoxy) is 2. The Labute approximate surface area is 136 Å². The fraction of sp³-hybridized carbons (Fsp3) is 0.200. The maximum atomic E-state index is 11.3. The molecule has 6 heteroatoms. The highest BCUT2D eigenvalue weighted by atomic mass is 127. The summed E-state index contributed by atoms with van der Waals surface area (Å²) < 4.78 is 12.2. The van der Waals surface area contributed by atoms with E-state index in [2.05, 4.69) is 22.6 Å². The number of nitro benzene ring substituents is 1. The first-order valence-corrected chi connectivity index (χ1v) is 7.42. The number of rotatable bonds is 5.